The maximum atomic E-state index is 13.0. The van der Waals surface area contributed by atoms with Crippen molar-refractivity contribution in [2.24, 2.45) is 0 Å². The number of benzene rings is 1. The Morgan fingerprint density at radius 1 is 1.33 bits per heavy atom. The number of hydrogen-bond donors (Lipinski definition) is 0. The first kappa shape index (κ1) is 11.1. The highest BCUT2D eigenvalue weighted by molar-refractivity contribution is 9.09. The van der Waals surface area contributed by atoms with Gasteiger partial charge in [0, 0.05) is 4.88 Å². The lowest BCUT2D eigenvalue weighted by molar-refractivity contribution is 0.627. The molecule has 0 saturated heterocycles. The van der Waals surface area contributed by atoms with E-state index in [2.05, 4.69) is 15.9 Å². The van der Waals surface area contributed by atoms with E-state index >= 15 is 0 Å². The Hall–Kier alpha value is -0.380. The van der Waals surface area contributed by atoms with E-state index < -0.39 is 0 Å². The van der Waals surface area contributed by atoms with Gasteiger partial charge in [0.05, 0.1) is 9.85 Å². The van der Waals surface area contributed by atoms with Gasteiger partial charge < -0.3 is 0 Å². The summed E-state index contributed by atoms with van der Waals surface area (Å²) < 4.78 is 13.0. The summed E-state index contributed by atoms with van der Waals surface area (Å²) in [5.74, 6) is -0.383. The van der Waals surface area contributed by atoms with Gasteiger partial charge in [0.15, 0.2) is 0 Å². The lowest BCUT2D eigenvalue weighted by Crippen LogP contribution is -1.90. The topological polar surface area (TPSA) is 0 Å². The average Bonchev–Trinajstić information content (AvgIpc) is 2.74. The molecule has 0 bridgehead atoms. The second-order valence-corrected chi connectivity index (χ2v) is 5.35. The first-order valence-corrected chi connectivity index (χ1v) is 6.48. The van der Waals surface area contributed by atoms with Crippen LogP contribution >= 0.6 is 38.9 Å². The zero-order chi connectivity index (χ0) is 10.8. The molecule has 0 fully saturated rings. The van der Waals surface area contributed by atoms with Crippen LogP contribution in [0.2, 0.25) is 5.02 Å². The molecule has 0 spiro atoms. The Bertz CT molecular complexity index is 456. The van der Waals surface area contributed by atoms with Crippen LogP contribution in [0.25, 0.3) is 0 Å². The van der Waals surface area contributed by atoms with E-state index in [0.29, 0.717) is 0 Å². The van der Waals surface area contributed by atoms with Gasteiger partial charge in [0.2, 0.25) is 0 Å². The standard InChI is InChI=1S/C11H7BrClFS/c12-11(10-2-1-5-15-10)7-3-4-9(14)8(13)6-7/h1-6,11H. The Morgan fingerprint density at radius 2 is 2.13 bits per heavy atom. The third-order valence-electron chi connectivity index (χ3n) is 2.03. The minimum Gasteiger partial charge on any atom is -0.205 e. The van der Waals surface area contributed by atoms with Crippen molar-refractivity contribution >= 4 is 38.9 Å². The molecule has 0 aliphatic carbocycles. The summed E-state index contributed by atoms with van der Waals surface area (Å²) in [6.07, 6.45) is 0. The number of halogens is 3. The minimum absolute atomic E-state index is 0.0793. The van der Waals surface area contributed by atoms with Crippen LogP contribution in [0.4, 0.5) is 4.39 Å². The van der Waals surface area contributed by atoms with Crippen LogP contribution in [0, 0.1) is 5.82 Å². The van der Waals surface area contributed by atoms with E-state index in [9.17, 15) is 4.39 Å². The molecule has 1 heterocycles. The summed E-state index contributed by atoms with van der Waals surface area (Å²) in [5.41, 5.74) is 0.962. The maximum absolute atomic E-state index is 13.0. The van der Waals surface area contributed by atoms with Crippen LogP contribution in [-0.2, 0) is 0 Å². The van der Waals surface area contributed by atoms with E-state index in [1.807, 2.05) is 17.5 Å². The van der Waals surface area contributed by atoms with Gasteiger partial charge in [0.1, 0.15) is 5.82 Å². The molecule has 0 aliphatic rings. The fourth-order valence-corrected chi connectivity index (χ4v) is 2.95. The van der Waals surface area contributed by atoms with Crippen LogP contribution in [0.5, 0.6) is 0 Å². The third kappa shape index (κ3) is 2.41. The zero-order valence-corrected chi connectivity index (χ0v) is 10.7. The van der Waals surface area contributed by atoms with Crippen molar-refractivity contribution < 1.29 is 4.39 Å². The largest absolute Gasteiger partial charge is 0.205 e. The predicted octanol–water partition coefficient (Wildman–Crippen LogP) is 5.02. The summed E-state index contributed by atoms with van der Waals surface area (Å²) >= 11 is 10.9. The molecule has 1 aromatic heterocycles. The lowest BCUT2D eigenvalue weighted by Gasteiger charge is -2.08. The molecular weight excluding hydrogens is 299 g/mol. The molecule has 0 radical (unpaired) electrons. The second kappa shape index (κ2) is 4.64. The van der Waals surface area contributed by atoms with Crippen LogP contribution in [0.15, 0.2) is 35.7 Å². The lowest BCUT2D eigenvalue weighted by atomic mass is 10.1. The van der Waals surface area contributed by atoms with Gasteiger partial charge in [-0.25, -0.2) is 4.39 Å². The van der Waals surface area contributed by atoms with Crippen molar-refractivity contribution in [2.45, 2.75) is 4.83 Å². The predicted molar refractivity (Wildman–Crippen MR) is 66.5 cm³/mol. The molecule has 0 aliphatic heterocycles. The van der Waals surface area contributed by atoms with Crippen molar-refractivity contribution in [3.05, 3.63) is 57.0 Å². The molecule has 1 aromatic carbocycles. The molecule has 1 unspecified atom stereocenters. The number of hydrogen-bond acceptors (Lipinski definition) is 1. The van der Waals surface area contributed by atoms with Crippen LogP contribution in [0.3, 0.4) is 0 Å². The second-order valence-electron chi connectivity index (χ2n) is 3.05. The van der Waals surface area contributed by atoms with E-state index in [1.165, 1.54) is 10.9 Å². The van der Waals surface area contributed by atoms with Crippen molar-refractivity contribution in [1.82, 2.24) is 0 Å². The third-order valence-corrected chi connectivity index (χ3v) is 4.58. The Labute approximate surface area is 105 Å². The summed E-state index contributed by atoms with van der Waals surface area (Å²) in [4.78, 5) is 1.26. The van der Waals surface area contributed by atoms with Gasteiger partial charge in [0.25, 0.3) is 0 Å². The molecular formula is C11H7BrClFS. The summed E-state index contributed by atoms with van der Waals surface area (Å²) in [5, 5.41) is 2.17. The SMILES string of the molecule is Fc1ccc(C(Br)c2cccs2)cc1Cl. The normalized spacial score (nSPS) is 12.7. The fourth-order valence-electron chi connectivity index (χ4n) is 1.27. The molecule has 15 heavy (non-hydrogen) atoms. The van der Waals surface area contributed by atoms with Crippen molar-refractivity contribution in [2.75, 3.05) is 0 Å². The van der Waals surface area contributed by atoms with E-state index in [1.54, 1.807) is 23.5 Å². The fraction of sp³-hybridized carbons (Fsp3) is 0.0909. The molecule has 2 rings (SSSR count). The number of alkyl halides is 1. The maximum Gasteiger partial charge on any atom is 0.141 e. The quantitative estimate of drug-likeness (QED) is 0.683. The van der Waals surface area contributed by atoms with E-state index in [-0.39, 0.29) is 15.7 Å². The summed E-state index contributed by atoms with van der Waals surface area (Å²) in [6, 6.07) is 8.79. The molecule has 1 atom stereocenters. The minimum atomic E-state index is -0.383. The van der Waals surface area contributed by atoms with Crippen molar-refractivity contribution in [3.63, 3.8) is 0 Å². The van der Waals surface area contributed by atoms with Crippen molar-refractivity contribution in [1.29, 1.82) is 0 Å². The molecule has 0 nitrogen and oxygen atoms in total. The molecule has 0 saturated carbocycles. The first-order chi connectivity index (χ1) is 7.18. The van der Waals surface area contributed by atoms with Crippen LogP contribution in [-0.4, -0.2) is 0 Å². The highest BCUT2D eigenvalue weighted by Crippen LogP contribution is 2.34. The Balaban J connectivity index is 2.34. The van der Waals surface area contributed by atoms with Crippen molar-refractivity contribution in [3.8, 4) is 0 Å². The summed E-state index contributed by atoms with van der Waals surface area (Å²) in [7, 11) is 0. The summed E-state index contributed by atoms with van der Waals surface area (Å²) in [6.45, 7) is 0. The van der Waals surface area contributed by atoms with Gasteiger partial charge >= 0.3 is 0 Å². The van der Waals surface area contributed by atoms with E-state index in [0.717, 1.165) is 5.56 Å². The van der Waals surface area contributed by atoms with Gasteiger partial charge in [-0.15, -0.1) is 11.3 Å². The van der Waals surface area contributed by atoms with Crippen LogP contribution in [0.1, 0.15) is 15.3 Å². The van der Waals surface area contributed by atoms with Gasteiger partial charge in [-0.3, -0.25) is 0 Å². The van der Waals surface area contributed by atoms with Gasteiger partial charge in [-0.05, 0) is 29.1 Å². The Morgan fingerprint density at radius 3 is 2.73 bits per heavy atom. The monoisotopic (exact) mass is 304 g/mol. The van der Waals surface area contributed by atoms with Gasteiger partial charge in [-0.2, -0.15) is 0 Å². The zero-order valence-electron chi connectivity index (χ0n) is 7.58. The van der Waals surface area contributed by atoms with Gasteiger partial charge in [-0.1, -0.05) is 39.7 Å². The first-order valence-electron chi connectivity index (χ1n) is 4.31. The smallest absolute Gasteiger partial charge is 0.141 e. The highest BCUT2D eigenvalue weighted by Gasteiger charge is 2.12. The molecule has 2 aromatic rings. The van der Waals surface area contributed by atoms with Crippen LogP contribution < -0.4 is 0 Å². The number of thiophene rings is 1. The molecule has 78 valence electrons. The molecule has 4 heteroatoms. The average molecular weight is 306 g/mol. The number of rotatable bonds is 2. The Kier molecular flexibility index (Phi) is 3.44. The van der Waals surface area contributed by atoms with E-state index in [4.69, 9.17) is 11.6 Å². The molecule has 0 amide bonds. The molecule has 0 N–H and O–H groups in total. The highest BCUT2D eigenvalue weighted by atomic mass is 79.9.